The van der Waals surface area contributed by atoms with Crippen LogP contribution in [0.1, 0.15) is 17.5 Å². The van der Waals surface area contributed by atoms with Crippen LogP contribution in [0, 0.1) is 5.92 Å². The van der Waals surface area contributed by atoms with Gasteiger partial charge in [0.2, 0.25) is 0 Å². The van der Waals surface area contributed by atoms with E-state index in [1.54, 1.807) is 0 Å². The molecule has 0 aliphatic carbocycles. The van der Waals surface area contributed by atoms with Gasteiger partial charge in [0.15, 0.2) is 0 Å². The number of aliphatic carboxylic acids is 1. The van der Waals surface area contributed by atoms with Gasteiger partial charge in [-0.05, 0) is 23.1 Å². The van der Waals surface area contributed by atoms with Crippen molar-refractivity contribution in [1.29, 1.82) is 0 Å². The molecule has 0 aromatic heterocycles. The average Bonchev–Trinajstić information content (AvgIpc) is 2.54. The second-order valence-electron chi connectivity index (χ2n) is 5.93. The van der Waals surface area contributed by atoms with Gasteiger partial charge in [0.05, 0.1) is 5.92 Å². The Morgan fingerprint density at radius 2 is 1.50 bits per heavy atom. The molecule has 0 unspecified atom stereocenters. The maximum Gasteiger partial charge on any atom is 0.309 e. The number of halogens is 1. The molecular formula is C20H22ClNO2. The van der Waals surface area contributed by atoms with Gasteiger partial charge in [-0.3, -0.25) is 4.79 Å². The maximum atomic E-state index is 10.8. The number of carboxylic acid groups (broad SMARTS) is 1. The number of benzene rings is 2. The summed E-state index contributed by atoms with van der Waals surface area (Å²) in [5, 5.41) is 8.92. The first-order chi connectivity index (χ1) is 11.2. The van der Waals surface area contributed by atoms with Crippen molar-refractivity contribution in [2.45, 2.75) is 6.42 Å². The Balaban J connectivity index is 0.00000208. The number of carbonyl (C=O) groups is 1. The summed E-state index contributed by atoms with van der Waals surface area (Å²) in [5.74, 6) is -0.854. The van der Waals surface area contributed by atoms with E-state index in [1.807, 2.05) is 12.1 Å². The molecule has 1 fully saturated rings. The molecule has 0 saturated carbocycles. The van der Waals surface area contributed by atoms with E-state index >= 15 is 0 Å². The lowest BCUT2D eigenvalue weighted by Gasteiger charge is -2.36. The molecule has 0 bridgehead atoms. The molecular weight excluding hydrogens is 322 g/mol. The third-order valence-corrected chi connectivity index (χ3v) is 4.27. The molecule has 126 valence electrons. The highest BCUT2D eigenvalue weighted by Crippen LogP contribution is 2.24. The van der Waals surface area contributed by atoms with E-state index in [9.17, 15) is 4.79 Å². The Morgan fingerprint density at radius 1 is 1.00 bits per heavy atom. The summed E-state index contributed by atoms with van der Waals surface area (Å²) in [6.07, 6.45) is 3.18. The normalized spacial score (nSPS) is 14.3. The molecule has 4 heteroatoms. The minimum atomic E-state index is -0.675. The number of hydrogen-bond donors (Lipinski definition) is 1. The van der Waals surface area contributed by atoms with Gasteiger partial charge in [0, 0.05) is 19.6 Å². The average molecular weight is 344 g/mol. The quantitative estimate of drug-likeness (QED) is 0.863. The predicted octanol–water partition coefficient (Wildman–Crippen LogP) is 3.95. The lowest BCUT2D eigenvalue weighted by molar-refractivity contribution is -0.147. The predicted molar refractivity (Wildman–Crippen MR) is 99.4 cm³/mol. The molecule has 2 aromatic rings. The van der Waals surface area contributed by atoms with Crippen molar-refractivity contribution in [3.8, 4) is 0 Å². The number of nitrogens with zero attached hydrogens (tertiary/aromatic N) is 1. The third-order valence-electron chi connectivity index (χ3n) is 4.27. The highest BCUT2D eigenvalue weighted by atomic mass is 35.5. The van der Waals surface area contributed by atoms with Gasteiger partial charge < -0.3 is 10.0 Å². The lowest BCUT2D eigenvalue weighted by Crippen LogP contribution is -2.50. The van der Waals surface area contributed by atoms with Crippen LogP contribution in [0.25, 0.3) is 5.57 Å². The lowest BCUT2D eigenvalue weighted by atomic mass is 9.96. The Bertz CT molecular complexity index is 638. The molecule has 1 aliphatic heterocycles. The molecule has 0 radical (unpaired) electrons. The van der Waals surface area contributed by atoms with Crippen molar-refractivity contribution < 1.29 is 9.90 Å². The number of hydrogen-bond acceptors (Lipinski definition) is 2. The molecule has 3 rings (SSSR count). The molecule has 24 heavy (non-hydrogen) atoms. The summed E-state index contributed by atoms with van der Waals surface area (Å²) in [5.41, 5.74) is 3.66. The fourth-order valence-electron chi connectivity index (χ4n) is 2.94. The van der Waals surface area contributed by atoms with Crippen LogP contribution in [0.4, 0.5) is 0 Å². The smallest absolute Gasteiger partial charge is 0.309 e. The number of carboxylic acids is 1. The van der Waals surface area contributed by atoms with Crippen LogP contribution in [-0.2, 0) is 4.79 Å². The Hall–Kier alpha value is -2.10. The highest BCUT2D eigenvalue weighted by molar-refractivity contribution is 5.85. The zero-order valence-electron chi connectivity index (χ0n) is 13.5. The molecule has 1 N–H and O–H groups in total. The maximum absolute atomic E-state index is 10.8. The molecule has 1 aliphatic rings. The zero-order valence-corrected chi connectivity index (χ0v) is 14.3. The van der Waals surface area contributed by atoms with E-state index < -0.39 is 5.97 Å². The summed E-state index contributed by atoms with van der Waals surface area (Å²) in [7, 11) is 0. The largest absolute Gasteiger partial charge is 0.481 e. The van der Waals surface area contributed by atoms with E-state index in [4.69, 9.17) is 5.11 Å². The SMILES string of the molecule is Cl.O=C(O)C1CN(CCC=C(c2ccccc2)c2ccccc2)C1. The molecule has 1 saturated heterocycles. The van der Waals surface area contributed by atoms with Gasteiger partial charge in [-0.25, -0.2) is 0 Å². The molecule has 0 atom stereocenters. The fraction of sp³-hybridized carbons (Fsp3) is 0.250. The molecule has 2 aromatic carbocycles. The van der Waals surface area contributed by atoms with Crippen LogP contribution in [0.15, 0.2) is 66.7 Å². The van der Waals surface area contributed by atoms with Crippen molar-refractivity contribution in [3.05, 3.63) is 77.9 Å². The van der Waals surface area contributed by atoms with Gasteiger partial charge in [0.25, 0.3) is 0 Å². The van der Waals surface area contributed by atoms with E-state index in [1.165, 1.54) is 16.7 Å². The van der Waals surface area contributed by atoms with Crippen LogP contribution < -0.4 is 0 Å². The van der Waals surface area contributed by atoms with Crippen molar-refractivity contribution in [2.75, 3.05) is 19.6 Å². The first-order valence-corrected chi connectivity index (χ1v) is 8.00. The molecule has 3 nitrogen and oxygen atoms in total. The summed E-state index contributed by atoms with van der Waals surface area (Å²) < 4.78 is 0. The molecule has 0 amide bonds. The van der Waals surface area contributed by atoms with Gasteiger partial charge in [-0.1, -0.05) is 66.7 Å². The summed E-state index contributed by atoms with van der Waals surface area (Å²) in [6, 6.07) is 20.8. The van der Waals surface area contributed by atoms with Crippen LogP contribution in [0.3, 0.4) is 0 Å². The van der Waals surface area contributed by atoms with Crippen LogP contribution in [0.5, 0.6) is 0 Å². The van der Waals surface area contributed by atoms with Crippen molar-refractivity contribution in [1.82, 2.24) is 4.90 Å². The number of likely N-dealkylation sites (tertiary alicyclic amines) is 1. The first-order valence-electron chi connectivity index (χ1n) is 8.00. The second-order valence-corrected chi connectivity index (χ2v) is 5.93. The monoisotopic (exact) mass is 343 g/mol. The van der Waals surface area contributed by atoms with E-state index in [0.29, 0.717) is 13.1 Å². The standard InChI is InChI=1S/C20H21NO2.ClH/c22-20(23)18-14-21(15-18)13-7-12-19(16-8-3-1-4-9-16)17-10-5-2-6-11-17;/h1-6,8-12,18H,7,13-15H2,(H,22,23);1H. The van der Waals surface area contributed by atoms with E-state index in [2.05, 4.69) is 59.5 Å². The molecule has 0 spiro atoms. The minimum Gasteiger partial charge on any atom is -0.481 e. The summed E-state index contributed by atoms with van der Waals surface area (Å²) >= 11 is 0. The van der Waals surface area contributed by atoms with Crippen molar-refractivity contribution >= 4 is 23.9 Å². The van der Waals surface area contributed by atoms with Gasteiger partial charge >= 0.3 is 5.97 Å². The zero-order chi connectivity index (χ0) is 16.1. The van der Waals surface area contributed by atoms with Gasteiger partial charge in [-0.15, -0.1) is 12.4 Å². The summed E-state index contributed by atoms with van der Waals surface area (Å²) in [4.78, 5) is 13.0. The van der Waals surface area contributed by atoms with Gasteiger partial charge in [0.1, 0.15) is 0 Å². The number of rotatable bonds is 6. The molecule has 1 heterocycles. The minimum absolute atomic E-state index is 0. The van der Waals surface area contributed by atoms with E-state index in [0.717, 1.165) is 13.0 Å². The van der Waals surface area contributed by atoms with Crippen LogP contribution in [0.2, 0.25) is 0 Å². The first kappa shape index (κ1) is 18.2. The Kier molecular flexibility index (Phi) is 6.59. The van der Waals surface area contributed by atoms with Crippen LogP contribution in [-0.4, -0.2) is 35.6 Å². The Labute approximate surface area is 149 Å². The van der Waals surface area contributed by atoms with Gasteiger partial charge in [-0.2, -0.15) is 0 Å². The van der Waals surface area contributed by atoms with Crippen molar-refractivity contribution in [3.63, 3.8) is 0 Å². The van der Waals surface area contributed by atoms with Crippen LogP contribution >= 0.6 is 12.4 Å². The topological polar surface area (TPSA) is 40.5 Å². The fourth-order valence-corrected chi connectivity index (χ4v) is 2.94. The third kappa shape index (κ3) is 4.47. The second kappa shape index (κ2) is 8.67. The van der Waals surface area contributed by atoms with E-state index in [-0.39, 0.29) is 18.3 Å². The summed E-state index contributed by atoms with van der Waals surface area (Å²) in [6.45, 7) is 2.26. The van der Waals surface area contributed by atoms with Crippen molar-refractivity contribution in [2.24, 2.45) is 5.92 Å². The highest BCUT2D eigenvalue weighted by Gasteiger charge is 2.31. The Morgan fingerprint density at radius 3 is 1.96 bits per heavy atom.